The van der Waals surface area contributed by atoms with Gasteiger partial charge in [-0.3, -0.25) is 4.79 Å². The molecule has 5 heteroatoms. The smallest absolute Gasteiger partial charge is 0.335 e. The van der Waals surface area contributed by atoms with Gasteiger partial charge in [0, 0.05) is 16.5 Å². The van der Waals surface area contributed by atoms with E-state index in [1.807, 2.05) is 19.1 Å². The van der Waals surface area contributed by atoms with Crippen molar-refractivity contribution < 1.29 is 18.9 Å². The Morgan fingerprint density at radius 3 is 2.23 bits per heavy atom. The average molecular weight is 406 g/mol. The molecule has 1 aliphatic carbocycles. The summed E-state index contributed by atoms with van der Waals surface area (Å²) in [5, 5.41) is 0.0485. The number of methoxy groups -OCH3 is 1. The number of ether oxygens (including phenoxy) is 2. The van der Waals surface area contributed by atoms with Crippen molar-refractivity contribution in [3.8, 4) is 16.9 Å². The van der Waals surface area contributed by atoms with Crippen LogP contribution in [0, 0.1) is 0 Å². The standard InChI is InChI=1S/C25H31BO4/c1-7-29-22(27)25(14-15-25)18-10-8-17(9-11-18)20-13-12-19(16-21(20)28-6)26-23(2,3)24(4,5)30-26/h8-13,16H,7,14-15H2,1-6H3. The maximum Gasteiger partial charge on any atom is 0.335 e. The Kier molecular flexibility index (Phi) is 5.01. The third kappa shape index (κ3) is 3.15. The van der Waals surface area contributed by atoms with Gasteiger partial charge in [0.2, 0.25) is 0 Å². The van der Waals surface area contributed by atoms with Crippen LogP contribution in [-0.4, -0.2) is 32.2 Å². The Morgan fingerprint density at radius 1 is 1.07 bits per heavy atom. The van der Waals surface area contributed by atoms with E-state index in [0.29, 0.717) is 6.61 Å². The van der Waals surface area contributed by atoms with Gasteiger partial charge >= 0.3 is 12.9 Å². The van der Waals surface area contributed by atoms with Crippen LogP contribution < -0.4 is 10.2 Å². The van der Waals surface area contributed by atoms with E-state index in [-0.39, 0.29) is 23.8 Å². The molecular formula is C25H31BO4. The molecule has 1 saturated heterocycles. The van der Waals surface area contributed by atoms with Gasteiger partial charge in [-0.05, 0) is 56.3 Å². The molecule has 0 aromatic heterocycles. The summed E-state index contributed by atoms with van der Waals surface area (Å²) in [6.45, 7) is 11.1. The lowest BCUT2D eigenvalue weighted by Crippen LogP contribution is -2.66. The maximum absolute atomic E-state index is 12.4. The Labute approximate surface area is 180 Å². The molecule has 1 aliphatic heterocycles. The van der Waals surface area contributed by atoms with E-state index in [4.69, 9.17) is 14.1 Å². The molecule has 0 bridgehead atoms. The number of hydrogen-bond acceptors (Lipinski definition) is 4. The van der Waals surface area contributed by atoms with Crippen LogP contribution >= 0.6 is 0 Å². The lowest BCUT2D eigenvalue weighted by molar-refractivity contribution is -0.146. The van der Waals surface area contributed by atoms with E-state index in [2.05, 4.69) is 58.0 Å². The highest BCUT2D eigenvalue weighted by molar-refractivity contribution is 6.73. The molecule has 0 amide bonds. The summed E-state index contributed by atoms with van der Waals surface area (Å²) in [7, 11) is 1.70. The highest BCUT2D eigenvalue weighted by Gasteiger charge is 2.59. The van der Waals surface area contributed by atoms with Gasteiger partial charge in [-0.2, -0.15) is 0 Å². The topological polar surface area (TPSA) is 44.8 Å². The monoisotopic (exact) mass is 406 g/mol. The van der Waals surface area contributed by atoms with Crippen molar-refractivity contribution in [1.29, 1.82) is 0 Å². The molecule has 0 unspecified atom stereocenters. The predicted octanol–water partition coefficient (Wildman–Crippen LogP) is 4.74. The van der Waals surface area contributed by atoms with E-state index < -0.39 is 5.41 Å². The fourth-order valence-corrected chi connectivity index (χ4v) is 4.42. The molecule has 0 atom stereocenters. The number of rotatable bonds is 6. The van der Waals surface area contributed by atoms with Crippen molar-refractivity contribution in [1.82, 2.24) is 0 Å². The molecule has 0 N–H and O–H groups in total. The SMILES string of the molecule is CCOC(=O)C1(c2ccc(-c3ccc(B4OC(C)(C)C4(C)C)cc3OC)cc2)CC1. The van der Waals surface area contributed by atoms with Crippen molar-refractivity contribution in [2.24, 2.45) is 0 Å². The first-order valence-corrected chi connectivity index (χ1v) is 10.8. The van der Waals surface area contributed by atoms with Gasteiger partial charge in [0.05, 0.1) is 19.1 Å². The predicted molar refractivity (Wildman–Crippen MR) is 121 cm³/mol. The molecule has 1 saturated carbocycles. The van der Waals surface area contributed by atoms with Crippen molar-refractivity contribution in [2.75, 3.05) is 13.7 Å². The quantitative estimate of drug-likeness (QED) is 0.513. The molecule has 2 aromatic carbocycles. The van der Waals surface area contributed by atoms with E-state index in [9.17, 15) is 4.79 Å². The summed E-state index contributed by atoms with van der Waals surface area (Å²) in [6.07, 6.45) is 1.72. The lowest BCUT2D eigenvalue weighted by atomic mass is 9.33. The minimum absolute atomic E-state index is 0.0485. The summed E-state index contributed by atoms with van der Waals surface area (Å²) in [5.74, 6) is 0.724. The van der Waals surface area contributed by atoms with E-state index in [1.165, 1.54) is 0 Å². The fraction of sp³-hybridized carbons (Fsp3) is 0.480. The molecule has 1 heterocycles. The van der Waals surface area contributed by atoms with E-state index >= 15 is 0 Å². The third-order valence-electron chi connectivity index (χ3n) is 7.31. The summed E-state index contributed by atoms with van der Waals surface area (Å²) >= 11 is 0. The molecular weight excluding hydrogens is 375 g/mol. The fourth-order valence-electron chi connectivity index (χ4n) is 4.42. The minimum atomic E-state index is -0.442. The van der Waals surface area contributed by atoms with Crippen LogP contribution in [0.5, 0.6) is 5.75 Å². The van der Waals surface area contributed by atoms with E-state index in [0.717, 1.165) is 40.7 Å². The second kappa shape index (κ2) is 7.16. The highest BCUT2D eigenvalue weighted by Crippen LogP contribution is 2.53. The van der Waals surface area contributed by atoms with Crippen molar-refractivity contribution in [3.63, 3.8) is 0 Å². The molecule has 2 fully saturated rings. The van der Waals surface area contributed by atoms with Gasteiger partial charge in [0.15, 0.2) is 0 Å². The molecule has 158 valence electrons. The number of esters is 1. The second-order valence-corrected chi connectivity index (χ2v) is 9.57. The summed E-state index contributed by atoms with van der Waals surface area (Å²) in [4.78, 5) is 12.4. The first-order chi connectivity index (χ1) is 14.2. The molecule has 0 radical (unpaired) electrons. The summed E-state index contributed by atoms with van der Waals surface area (Å²) in [6, 6.07) is 14.6. The van der Waals surface area contributed by atoms with Crippen LogP contribution in [0.2, 0.25) is 5.31 Å². The van der Waals surface area contributed by atoms with Crippen LogP contribution in [0.1, 0.15) is 53.0 Å². The number of carbonyl (C=O) groups excluding carboxylic acids is 1. The Hall–Kier alpha value is -2.27. The van der Waals surface area contributed by atoms with Crippen molar-refractivity contribution in [3.05, 3.63) is 48.0 Å². The Balaban J connectivity index is 1.60. The summed E-state index contributed by atoms with van der Waals surface area (Å²) in [5.41, 5.74) is 3.68. The lowest BCUT2D eigenvalue weighted by Gasteiger charge is -2.57. The van der Waals surface area contributed by atoms with Crippen LogP contribution in [0.25, 0.3) is 11.1 Å². The van der Waals surface area contributed by atoms with Crippen LogP contribution in [0.4, 0.5) is 0 Å². The number of hydrogen-bond donors (Lipinski definition) is 0. The first-order valence-electron chi connectivity index (χ1n) is 10.8. The normalized spacial score (nSPS) is 20.3. The first kappa shape index (κ1) is 21.0. The van der Waals surface area contributed by atoms with Crippen molar-refractivity contribution >= 4 is 18.3 Å². The zero-order chi connectivity index (χ0) is 21.7. The molecule has 30 heavy (non-hydrogen) atoms. The molecule has 0 spiro atoms. The highest BCUT2D eigenvalue weighted by atomic mass is 16.5. The van der Waals surface area contributed by atoms with Gasteiger partial charge < -0.3 is 14.1 Å². The molecule has 2 aromatic rings. The maximum atomic E-state index is 12.4. The van der Waals surface area contributed by atoms with Crippen LogP contribution in [0.3, 0.4) is 0 Å². The zero-order valence-corrected chi connectivity index (χ0v) is 18.9. The van der Waals surface area contributed by atoms with Crippen LogP contribution in [-0.2, 0) is 19.6 Å². The molecule has 2 aliphatic rings. The average Bonchev–Trinajstić information content (AvgIpc) is 3.54. The summed E-state index contributed by atoms with van der Waals surface area (Å²) < 4.78 is 17.2. The molecule has 4 nitrogen and oxygen atoms in total. The third-order valence-corrected chi connectivity index (χ3v) is 7.31. The molecule has 4 rings (SSSR count). The van der Waals surface area contributed by atoms with Gasteiger partial charge in [-0.25, -0.2) is 0 Å². The number of benzene rings is 2. The Morgan fingerprint density at radius 2 is 1.73 bits per heavy atom. The Bertz CT molecular complexity index is 958. The number of carbonyl (C=O) groups is 1. The second-order valence-electron chi connectivity index (χ2n) is 9.57. The minimum Gasteiger partial charge on any atom is -0.496 e. The van der Waals surface area contributed by atoms with Gasteiger partial charge in [-0.1, -0.05) is 50.2 Å². The van der Waals surface area contributed by atoms with Gasteiger partial charge in [0.25, 0.3) is 0 Å². The zero-order valence-electron chi connectivity index (χ0n) is 18.9. The van der Waals surface area contributed by atoms with Gasteiger partial charge in [-0.15, -0.1) is 0 Å². The van der Waals surface area contributed by atoms with E-state index in [1.54, 1.807) is 7.11 Å². The largest absolute Gasteiger partial charge is 0.496 e. The van der Waals surface area contributed by atoms with Crippen LogP contribution in [0.15, 0.2) is 42.5 Å². The van der Waals surface area contributed by atoms with Gasteiger partial charge in [0.1, 0.15) is 5.75 Å². The van der Waals surface area contributed by atoms with Crippen molar-refractivity contribution in [2.45, 2.75) is 63.8 Å².